The number of hydrogen-bond donors (Lipinski definition) is 0. The van der Waals surface area contributed by atoms with Gasteiger partial charge in [0.2, 0.25) is 0 Å². The van der Waals surface area contributed by atoms with Gasteiger partial charge in [-0.15, -0.1) is 0 Å². The molecule has 0 saturated carbocycles. The number of benzene rings is 4. The summed E-state index contributed by atoms with van der Waals surface area (Å²) in [5.41, 5.74) is 4.94. The Morgan fingerprint density at radius 2 is 1.60 bits per heavy atom. The monoisotopic (exact) mass is 577 g/mol. The predicted octanol–water partition coefficient (Wildman–Crippen LogP) is 8.14. The lowest BCUT2D eigenvalue weighted by atomic mass is 10.0. The molecular formula is C36H36ClN3O2. The van der Waals surface area contributed by atoms with Crippen LogP contribution in [0, 0.1) is 6.92 Å². The summed E-state index contributed by atoms with van der Waals surface area (Å²) in [6.45, 7) is 6.52. The van der Waals surface area contributed by atoms with Gasteiger partial charge in [0.05, 0.1) is 22.6 Å². The van der Waals surface area contributed by atoms with Gasteiger partial charge in [0.25, 0.3) is 11.5 Å². The van der Waals surface area contributed by atoms with Crippen LogP contribution in [0.5, 0.6) is 0 Å². The second-order valence-corrected chi connectivity index (χ2v) is 11.2. The van der Waals surface area contributed by atoms with Crippen molar-refractivity contribution in [3.8, 4) is 5.69 Å². The number of amides is 1. The quantitative estimate of drug-likeness (QED) is 0.168. The molecule has 0 saturated heterocycles. The maximum absolute atomic E-state index is 14.2. The number of hydrogen-bond acceptors (Lipinski definition) is 3. The second-order valence-electron chi connectivity index (χ2n) is 10.8. The van der Waals surface area contributed by atoms with Crippen LogP contribution >= 0.6 is 11.6 Å². The number of unbranched alkanes of at least 4 members (excludes halogenated alkanes) is 1. The zero-order valence-electron chi connectivity index (χ0n) is 24.4. The van der Waals surface area contributed by atoms with E-state index in [4.69, 9.17) is 16.6 Å². The van der Waals surface area contributed by atoms with Crippen molar-refractivity contribution in [2.24, 2.45) is 0 Å². The first kappa shape index (κ1) is 29.3. The third kappa shape index (κ3) is 6.32. The van der Waals surface area contributed by atoms with Gasteiger partial charge in [-0.1, -0.05) is 79.5 Å². The Morgan fingerprint density at radius 3 is 2.31 bits per heavy atom. The van der Waals surface area contributed by atoms with Crippen LogP contribution in [0.25, 0.3) is 16.6 Å². The van der Waals surface area contributed by atoms with Crippen LogP contribution in [0.2, 0.25) is 5.02 Å². The minimum atomic E-state index is -0.506. The molecule has 0 bridgehead atoms. The Balaban J connectivity index is 1.62. The van der Waals surface area contributed by atoms with Crippen molar-refractivity contribution in [2.75, 3.05) is 6.54 Å². The third-order valence-corrected chi connectivity index (χ3v) is 8.04. The van der Waals surface area contributed by atoms with E-state index in [0.29, 0.717) is 46.0 Å². The Labute approximate surface area is 252 Å². The van der Waals surface area contributed by atoms with Crippen molar-refractivity contribution in [3.05, 3.63) is 141 Å². The van der Waals surface area contributed by atoms with Gasteiger partial charge in [0.1, 0.15) is 5.82 Å². The maximum atomic E-state index is 14.2. The van der Waals surface area contributed by atoms with Crippen LogP contribution in [0.4, 0.5) is 0 Å². The Kier molecular flexibility index (Phi) is 9.19. The SMILES string of the molecule is CCCCc1ccc(C(=O)N(CCc2ccccc2)C(C)c2nc3ccccc3c(=O)n2-c2ccc(Cl)cc2C)cc1. The molecule has 4 aromatic carbocycles. The van der Waals surface area contributed by atoms with Crippen LogP contribution < -0.4 is 5.56 Å². The van der Waals surface area contributed by atoms with Gasteiger partial charge in [0.15, 0.2) is 0 Å². The average Bonchev–Trinajstić information content (AvgIpc) is 3.01. The van der Waals surface area contributed by atoms with Crippen LogP contribution in [0.3, 0.4) is 0 Å². The highest BCUT2D eigenvalue weighted by molar-refractivity contribution is 6.30. The molecule has 6 heteroatoms. The lowest BCUT2D eigenvalue weighted by molar-refractivity contribution is 0.0683. The van der Waals surface area contributed by atoms with Crippen LogP contribution in [0.1, 0.15) is 65.6 Å². The summed E-state index contributed by atoms with van der Waals surface area (Å²) >= 11 is 6.28. The van der Waals surface area contributed by atoms with Crippen molar-refractivity contribution in [1.82, 2.24) is 14.5 Å². The van der Waals surface area contributed by atoms with Gasteiger partial charge in [0, 0.05) is 17.1 Å². The number of nitrogens with zero attached hydrogens (tertiary/aromatic N) is 3. The lowest BCUT2D eigenvalue weighted by Crippen LogP contribution is -2.38. The van der Waals surface area contributed by atoms with Gasteiger partial charge in [-0.05, 0) is 92.3 Å². The van der Waals surface area contributed by atoms with Gasteiger partial charge in [-0.2, -0.15) is 0 Å². The van der Waals surface area contributed by atoms with E-state index in [2.05, 4.69) is 19.1 Å². The fourth-order valence-electron chi connectivity index (χ4n) is 5.40. The Hall–Kier alpha value is -4.22. The smallest absolute Gasteiger partial charge is 0.266 e. The topological polar surface area (TPSA) is 55.2 Å². The largest absolute Gasteiger partial charge is 0.328 e. The van der Waals surface area contributed by atoms with E-state index in [9.17, 15) is 9.59 Å². The highest BCUT2D eigenvalue weighted by atomic mass is 35.5. The molecule has 5 rings (SSSR count). The van der Waals surface area contributed by atoms with Crippen molar-refractivity contribution in [1.29, 1.82) is 0 Å². The number of halogens is 1. The fraction of sp³-hybridized carbons (Fsp3) is 0.250. The van der Waals surface area contributed by atoms with Crippen LogP contribution in [0.15, 0.2) is 102 Å². The van der Waals surface area contributed by atoms with Crippen molar-refractivity contribution in [2.45, 2.75) is 52.5 Å². The number of aryl methyl sites for hydroxylation is 2. The van der Waals surface area contributed by atoms with Crippen LogP contribution in [-0.2, 0) is 12.8 Å². The summed E-state index contributed by atoms with van der Waals surface area (Å²) in [7, 11) is 0. The molecule has 0 aliphatic carbocycles. The Bertz CT molecular complexity index is 1750. The molecule has 0 N–H and O–H groups in total. The van der Waals surface area contributed by atoms with E-state index in [-0.39, 0.29) is 11.5 Å². The number of rotatable bonds is 10. The summed E-state index contributed by atoms with van der Waals surface area (Å²) in [5.74, 6) is 0.410. The molecule has 1 amide bonds. The highest BCUT2D eigenvalue weighted by Crippen LogP contribution is 2.27. The molecular weight excluding hydrogens is 542 g/mol. The summed E-state index contributed by atoms with van der Waals surface area (Å²) in [6.07, 6.45) is 3.90. The molecule has 0 aliphatic heterocycles. The molecule has 5 nitrogen and oxygen atoms in total. The van der Waals surface area contributed by atoms with E-state index >= 15 is 0 Å². The third-order valence-electron chi connectivity index (χ3n) is 7.81. The molecule has 0 aliphatic rings. The summed E-state index contributed by atoms with van der Waals surface area (Å²) in [5, 5.41) is 1.11. The highest BCUT2D eigenvalue weighted by Gasteiger charge is 2.28. The number of carbonyl (C=O) groups excluding carboxylic acids is 1. The number of carbonyl (C=O) groups is 1. The van der Waals surface area contributed by atoms with E-state index in [1.807, 2.05) is 91.5 Å². The molecule has 1 unspecified atom stereocenters. The first-order valence-electron chi connectivity index (χ1n) is 14.6. The average molecular weight is 578 g/mol. The van der Waals surface area contributed by atoms with Crippen molar-refractivity contribution >= 4 is 28.4 Å². The first-order valence-corrected chi connectivity index (χ1v) is 15.0. The standard InChI is InChI=1S/C36H36ClN3O2/c1-4-5-11-28-16-18-29(19-17-28)35(41)39(23-22-27-12-7-6-8-13-27)26(3)34-38-32-15-10-9-14-31(32)36(42)40(34)33-21-20-30(37)24-25(33)2/h6-10,12-21,24,26H,4-5,11,22-23H2,1-3H3. The number of aromatic nitrogens is 2. The van der Waals surface area contributed by atoms with E-state index in [1.54, 1.807) is 16.7 Å². The molecule has 1 aromatic heterocycles. The van der Waals surface area contributed by atoms with E-state index < -0.39 is 6.04 Å². The normalized spacial score (nSPS) is 11.9. The predicted molar refractivity (Wildman–Crippen MR) is 172 cm³/mol. The summed E-state index contributed by atoms with van der Waals surface area (Å²) in [4.78, 5) is 35.1. The zero-order valence-corrected chi connectivity index (χ0v) is 25.1. The van der Waals surface area contributed by atoms with E-state index in [0.717, 1.165) is 30.4 Å². The fourth-order valence-corrected chi connectivity index (χ4v) is 5.62. The lowest BCUT2D eigenvalue weighted by Gasteiger charge is -2.31. The van der Waals surface area contributed by atoms with Crippen molar-refractivity contribution in [3.63, 3.8) is 0 Å². The zero-order chi connectivity index (χ0) is 29.6. The van der Waals surface area contributed by atoms with Gasteiger partial charge < -0.3 is 4.90 Å². The van der Waals surface area contributed by atoms with Gasteiger partial charge in [-0.3, -0.25) is 14.2 Å². The number of para-hydroxylation sites is 1. The Morgan fingerprint density at radius 1 is 0.905 bits per heavy atom. The van der Waals surface area contributed by atoms with Crippen molar-refractivity contribution < 1.29 is 4.79 Å². The molecule has 0 fully saturated rings. The maximum Gasteiger partial charge on any atom is 0.266 e. The molecule has 0 spiro atoms. The molecule has 0 radical (unpaired) electrons. The van der Waals surface area contributed by atoms with Gasteiger partial charge >= 0.3 is 0 Å². The molecule has 42 heavy (non-hydrogen) atoms. The molecule has 5 aromatic rings. The first-order chi connectivity index (χ1) is 20.4. The number of fused-ring (bicyclic) bond motifs is 1. The minimum absolute atomic E-state index is 0.0951. The minimum Gasteiger partial charge on any atom is -0.328 e. The summed E-state index contributed by atoms with van der Waals surface area (Å²) in [6, 6.07) is 30.4. The molecule has 214 valence electrons. The molecule has 1 heterocycles. The molecule has 1 atom stereocenters. The van der Waals surface area contributed by atoms with Crippen LogP contribution in [-0.4, -0.2) is 26.9 Å². The van der Waals surface area contributed by atoms with E-state index in [1.165, 1.54) is 5.56 Å². The second kappa shape index (κ2) is 13.2. The summed E-state index contributed by atoms with van der Waals surface area (Å²) < 4.78 is 1.65. The van der Waals surface area contributed by atoms with Gasteiger partial charge in [-0.25, -0.2) is 4.98 Å².